The number of methoxy groups -OCH3 is 1. The first-order valence-corrected chi connectivity index (χ1v) is 6.09. The summed E-state index contributed by atoms with van der Waals surface area (Å²) in [6.45, 7) is 0. The first-order chi connectivity index (χ1) is 9.03. The van der Waals surface area contributed by atoms with Gasteiger partial charge in [-0.3, -0.25) is 10.1 Å². The van der Waals surface area contributed by atoms with Gasteiger partial charge < -0.3 is 15.8 Å². The van der Waals surface area contributed by atoms with Gasteiger partial charge in [-0.25, -0.2) is 4.79 Å². The standard InChI is InChI=1S/C13H17N3O3/c1-19-12(18)16-10-5-2-4-9(8-10)15-11(17)13(14)6-3-7-13/h2,4-5,8H,3,6-7,14H2,1H3,(H,15,17)(H,16,18). The SMILES string of the molecule is COC(=O)Nc1cccc(NC(=O)C2(N)CCC2)c1. The minimum Gasteiger partial charge on any atom is -0.453 e. The van der Waals surface area contributed by atoms with Crippen molar-refractivity contribution in [2.24, 2.45) is 5.73 Å². The molecule has 0 aliphatic heterocycles. The van der Waals surface area contributed by atoms with Gasteiger partial charge in [-0.2, -0.15) is 0 Å². The van der Waals surface area contributed by atoms with Crippen molar-refractivity contribution in [3.05, 3.63) is 24.3 Å². The second-order valence-electron chi connectivity index (χ2n) is 4.66. The van der Waals surface area contributed by atoms with Crippen molar-refractivity contribution in [1.29, 1.82) is 0 Å². The van der Waals surface area contributed by atoms with E-state index in [2.05, 4.69) is 15.4 Å². The summed E-state index contributed by atoms with van der Waals surface area (Å²) in [4.78, 5) is 23.0. The molecule has 1 fully saturated rings. The number of ether oxygens (including phenoxy) is 1. The molecule has 1 aliphatic rings. The van der Waals surface area contributed by atoms with E-state index in [-0.39, 0.29) is 5.91 Å². The Hall–Kier alpha value is -2.08. The lowest BCUT2D eigenvalue weighted by Gasteiger charge is -2.36. The van der Waals surface area contributed by atoms with Gasteiger partial charge in [-0.05, 0) is 37.5 Å². The molecule has 0 bridgehead atoms. The molecule has 1 aromatic rings. The van der Waals surface area contributed by atoms with Gasteiger partial charge >= 0.3 is 6.09 Å². The van der Waals surface area contributed by atoms with Crippen molar-refractivity contribution in [3.63, 3.8) is 0 Å². The zero-order chi connectivity index (χ0) is 13.9. The van der Waals surface area contributed by atoms with Crippen LogP contribution in [0.25, 0.3) is 0 Å². The summed E-state index contributed by atoms with van der Waals surface area (Å²) in [5.74, 6) is -0.186. The Kier molecular flexibility index (Phi) is 3.71. The highest BCUT2D eigenvalue weighted by Crippen LogP contribution is 2.30. The lowest BCUT2D eigenvalue weighted by molar-refractivity contribution is -0.123. The molecule has 4 N–H and O–H groups in total. The Balaban J connectivity index is 2.02. The fourth-order valence-electron chi connectivity index (χ4n) is 1.88. The van der Waals surface area contributed by atoms with Crippen molar-refractivity contribution < 1.29 is 14.3 Å². The number of nitrogens with two attached hydrogens (primary N) is 1. The molecule has 19 heavy (non-hydrogen) atoms. The van der Waals surface area contributed by atoms with Crippen LogP contribution in [0.1, 0.15) is 19.3 Å². The molecule has 0 unspecified atom stereocenters. The van der Waals surface area contributed by atoms with E-state index in [4.69, 9.17) is 5.73 Å². The van der Waals surface area contributed by atoms with E-state index in [0.717, 1.165) is 6.42 Å². The summed E-state index contributed by atoms with van der Waals surface area (Å²) in [5, 5.41) is 5.29. The van der Waals surface area contributed by atoms with Gasteiger partial charge in [0, 0.05) is 11.4 Å². The Labute approximate surface area is 111 Å². The molecule has 0 saturated heterocycles. The number of nitrogens with one attached hydrogen (secondary N) is 2. The minimum atomic E-state index is -0.744. The van der Waals surface area contributed by atoms with E-state index in [1.165, 1.54) is 7.11 Å². The van der Waals surface area contributed by atoms with Crippen molar-refractivity contribution >= 4 is 23.4 Å². The summed E-state index contributed by atoms with van der Waals surface area (Å²) in [5.41, 5.74) is 6.33. The molecule has 2 rings (SSSR count). The Morgan fingerprint density at radius 1 is 1.26 bits per heavy atom. The maximum atomic E-state index is 12.0. The normalized spacial score (nSPS) is 16.1. The number of benzene rings is 1. The highest BCUT2D eigenvalue weighted by Gasteiger charge is 2.40. The molecule has 0 aromatic heterocycles. The molecule has 6 heteroatoms. The monoisotopic (exact) mass is 263 g/mol. The smallest absolute Gasteiger partial charge is 0.411 e. The molecular weight excluding hydrogens is 246 g/mol. The second kappa shape index (κ2) is 5.27. The maximum Gasteiger partial charge on any atom is 0.411 e. The zero-order valence-electron chi connectivity index (χ0n) is 10.7. The van der Waals surface area contributed by atoms with Crippen LogP contribution in [0.15, 0.2) is 24.3 Å². The highest BCUT2D eigenvalue weighted by molar-refractivity contribution is 5.99. The van der Waals surface area contributed by atoms with Crippen LogP contribution in [-0.4, -0.2) is 24.6 Å². The van der Waals surface area contributed by atoms with Crippen LogP contribution in [0.4, 0.5) is 16.2 Å². The number of hydrogen-bond donors (Lipinski definition) is 3. The van der Waals surface area contributed by atoms with Crippen molar-refractivity contribution in [2.45, 2.75) is 24.8 Å². The number of anilines is 2. The molecule has 1 aliphatic carbocycles. The van der Waals surface area contributed by atoms with E-state index < -0.39 is 11.6 Å². The molecular formula is C13H17N3O3. The first kappa shape index (κ1) is 13.4. The number of carbonyl (C=O) groups excluding carboxylic acids is 2. The number of amides is 2. The summed E-state index contributed by atoms with van der Waals surface area (Å²) < 4.78 is 4.50. The fraction of sp³-hybridized carbons (Fsp3) is 0.385. The van der Waals surface area contributed by atoms with Crippen molar-refractivity contribution in [1.82, 2.24) is 0 Å². The van der Waals surface area contributed by atoms with Crippen molar-refractivity contribution in [2.75, 3.05) is 17.7 Å². The third-order valence-electron chi connectivity index (χ3n) is 3.25. The number of rotatable bonds is 3. The third kappa shape index (κ3) is 3.03. The maximum absolute atomic E-state index is 12.0. The molecule has 2 amide bonds. The van der Waals surface area contributed by atoms with E-state index >= 15 is 0 Å². The van der Waals surface area contributed by atoms with Crippen LogP contribution in [0.5, 0.6) is 0 Å². The van der Waals surface area contributed by atoms with E-state index in [9.17, 15) is 9.59 Å². The summed E-state index contributed by atoms with van der Waals surface area (Å²) >= 11 is 0. The van der Waals surface area contributed by atoms with E-state index in [1.54, 1.807) is 24.3 Å². The molecule has 0 heterocycles. The quantitative estimate of drug-likeness (QED) is 0.773. The predicted molar refractivity (Wildman–Crippen MR) is 71.9 cm³/mol. The fourth-order valence-corrected chi connectivity index (χ4v) is 1.88. The largest absolute Gasteiger partial charge is 0.453 e. The Morgan fingerprint density at radius 3 is 2.42 bits per heavy atom. The summed E-state index contributed by atoms with van der Waals surface area (Å²) in [6, 6.07) is 6.82. The molecule has 0 spiro atoms. The summed E-state index contributed by atoms with van der Waals surface area (Å²) in [7, 11) is 1.29. The van der Waals surface area contributed by atoms with Crippen molar-refractivity contribution in [3.8, 4) is 0 Å². The van der Waals surface area contributed by atoms with Gasteiger partial charge in [0.05, 0.1) is 12.6 Å². The second-order valence-corrected chi connectivity index (χ2v) is 4.66. The van der Waals surface area contributed by atoms with Crippen LogP contribution in [0.3, 0.4) is 0 Å². The van der Waals surface area contributed by atoms with E-state index in [1.807, 2.05) is 0 Å². The van der Waals surface area contributed by atoms with Gasteiger partial charge in [-0.1, -0.05) is 6.07 Å². The highest BCUT2D eigenvalue weighted by atomic mass is 16.5. The topological polar surface area (TPSA) is 93.5 Å². The van der Waals surface area contributed by atoms with Crippen LogP contribution < -0.4 is 16.4 Å². The van der Waals surface area contributed by atoms with Gasteiger partial charge in [0.1, 0.15) is 0 Å². The van der Waals surface area contributed by atoms with Gasteiger partial charge in [0.25, 0.3) is 0 Å². The average Bonchev–Trinajstić information content (AvgIpc) is 2.36. The van der Waals surface area contributed by atoms with Gasteiger partial charge in [-0.15, -0.1) is 0 Å². The van der Waals surface area contributed by atoms with Gasteiger partial charge in [0.2, 0.25) is 5.91 Å². The molecule has 1 saturated carbocycles. The average molecular weight is 263 g/mol. The molecule has 102 valence electrons. The minimum absolute atomic E-state index is 0.186. The van der Waals surface area contributed by atoms with Crippen LogP contribution in [0, 0.1) is 0 Å². The Morgan fingerprint density at radius 2 is 1.89 bits per heavy atom. The van der Waals surface area contributed by atoms with E-state index in [0.29, 0.717) is 24.2 Å². The number of hydrogen-bond acceptors (Lipinski definition) is 4. The lowest BCUT2D eigenvalue weighted by atomic mass is 9.77. The summed E-state index contributed by atoms with van der Waals surface area (Å²) in [6.07, 6.45) is 1.84. The molecule has 1 aromatic carbocycles. The number of carbonyl (C=O) groups is 2. The lowest BCUT2D eigenvalue weighted by Crippen LogP contribution is -2.56. The zero-order valence-corrected chi connectivity index (χ0v) is 10.7. The predicted octanol–water partition coefficient (Wildman–Crippen LogP) is 1.68. The van der Waals surface area contributed by atoms with Crippen LogP contribution in [-0.2, 0) is 9.53 Å². The van der Waals surface area contributed by atoms with Gasteiger partial charge in [0.15, 0.2) is 0 Å². The molecule has 6 nitrogen and oxygen atoms in total. The Bertz CT molecular complexity index is 498. The van der Waals surface area contributed by atoms with Crippen LogP contribution in [0.2, 0.25) is 0 Å². The molecule has 0 radical (unpaired) electrons. The third-order valence-corrected chi connectivity index (χ3v) is 3.25. The molecule has 0 atom stereocenters. The van der Waals surface area contributed by atoms with Crippen LogP contribution >= 0.6 is 0 Å². The first-order valence-electron chi connectivity index (χ1n) is 6.09.